The Morgan fingerprint density at radius 3 is 2.76 bits per heavy atom. The molecule has 7 nitrogen and oxygen atoms in total. The van der Waals surface area contributed by atoms with Gasteiger partial charge in [0.2, 0.25) is 15.2 Å². The fraction of sp³-hybridized carbons (Fsp3) is 0.333. The molecule has 2 aromatic rings. The number of anilines is 2. The van der Waals surface area contributed by atoms with Gasteiger partial charge in [-0.15, -0.1) is 10.2 Å². The minimum absolute atomic E-state index is 0.00296. The van der Waals surface area contributed by atoms with Crippen LogP contribution in [0.5, 0.6) is 5.75 Å². The van der Waals surface area contributed by atoms with Crippen molar-refractivity contribution in [2.45, 2.75) is 13.3 Å². The minimum atomic E-state index is -3.52. The molecule has 0 amide bonds. The van der Waals surface area contributed by atoms with E-state index < -0.39 is 10.0 Å². The number of nitrogens with two attached hydrogens (primary N) is 1. The van der Waals surface area contributed by atoms with Gasteiger partial charge in [0.15, 0.2) is 0 Å². The normalized spacial score (nSPS) is 11.3. The molecule has 0 spiro atoms. The molecule has 114 valence electrons. The molecular formula is C12H16N4O3S2. The highest BCUT2D eigenvalue weighted by Gasteiger charge is 2.14. The van der Waals surface area contributed by atoms with Gasteiger partial charge in [-0.25, -0.2) is 8.42 Å². The molecule has 0 unspecified atom stereocenters. The maximum Gasteiger partial charge on any atom is 0.237 e. The zero-order valence-electron chi connectivity index (χ0n) is 11.4. The van der Waals surface area contributed by atoms with E-state index in [4.69, 9.17) is 10.5 Å². The second-order valence-electron chi connectivity index (χ2n) is 4.16. The highest BCUT2D eigenvalue weighted by molar-refractivity contribution is 7.92. The smallest absolute Gasteiger partial charge is 0.237 e. The van der Waals surface area contributed by atoms with E-state index in [2.05, 4.69) is 14.9 Å². The molecule has 0 aliphatic rings. The largest absolute Gasteiger partial charge is 0.490 e. The summed E-state index contributed by atoms with van der Waals surface area (Å²) in [4.78, 5) is 0. The van der Waals surface area contributed by atoms with Crippen LogP contribution in [0, 0.1) is 0 Å². The van der Waals surface area contributed by atoms with Gasteiger partial charge in [0.1, 0.15) is 23.1 Å². The SMILES string of the molecule is CCc1nnc(NS(=O)(=O)CCOc2ccccc2N)s1. The van der Waals surface area contributed by atoms with Crippen LogP contribution in [0.1, 0.15) is 11.9 Å². The molecule has 0 atom stereocenters. The Hall–Kier alpha value is -1.87. The lowest BCUT2D eigenvalue weighted by atomic mass is 10.3. The Kier molecular flexibility index (Phi) is 4.97. The topological polar surface area (TPSA) is 107 Å². The molecular weight excluding hydrogens is 312 g/mol. The Balaban J connectivity index is 1.88. The van der Waals surface area contributed by atoms with Gasteiger partial charge in [-0.05, 0) is 18.6 Å². The first-order valence-corrected chi connectivity index (χ1v) is 8.77. The molecule has 0 fully saturated rings. The predicted molar refractivity (Wildman–Crippen MR) is 83.0 cm³/mol. The zero-order valence-corrected chi connectivity index (χ0v) is 13.1. The average molecular weight is 328 g/mol. The monoisotopic (exact) mass is 328 g/mol. The molecule has 2 rings (SSSR count). The summed E-state index contributed by atoms with van der Waals surface area (Å²) in [5, 5.41) is 8.67. The molecule has 0 bridgehead atoms. The van der Waals surface area contributed by atoms with Gasteiger partial charge in [0, 0.05) is 0 Å². The van der Waals surface area contributed by atoms with Crippen molar-refractivity contribution in [1.82, 2.24) is 10.2 Å². The van der Waals surface area contributed by atoms with Crippen LogP contribution in [0.15, 0.2) is 24.3 Å². The van der Waals surface area contributed by atoms with E-state index in [1.807, 2.05) is 6.92 Å². The summed E-state index contributed by atoms with van der Waals surface area (Å²) >= 11 is 1.22. The standard InChI is InChI=1S/C12H16N4O3S2/c1-2-11-14-15-12(20-11)16-21(17,18)8-7-19-10-6-4-3-5-9(10)13/h3-6H,2,7-8,13H2,1H3,(H,15,16). The first-order valence-electron chi connectivity index (χ1n) is 6.30. The van der Waals surface area contributed by atoms with Gasteiger partial charge in [-0.1, -0.05) is 30.4 Å². The third kappa shape index (κ3) is 4.57. The number of aromatic nitrogens is 2. The van der Waals surface area contributed by atoms with Gasteiger partial charge in [0.25, 0.3) is 0 Å². The third-order valence-electron chi connectivity index (χ3n) is 2.54. The van der Waals surface area contributed by atoms with E-state index in [0.29, 0.717) is 11.4 Å². The maximum absolute atomic E-state index is 11.9. The summed E-state index contributed by atoms with van der Waals surface area (Å²) in [5.41, 5.74) is 6.18. The van der Waals surface area contributed by atoms with E-state index in [1.54, 1.807) is 24.3 Å². The summed E-state index contributed by atoms with van der Waals surface area (Å²) in [6.07, 6.45) is 0.718. The number of hydrogen-bond acceptors (Lipinski definition) is 7. The van der Waals surface area contributed by atoms with Gasteiger partial charge < -0.3 is 10.5 Å². The molecule has 1 aromatic heterocycles. The highest BCUT2D eigenvalue weighted by Crippen LogP contribution is 2.20. The first-order chi connectivity index (χ1) is 10.00. The van der Waals surface area contributed by atoms with Crippen LogP contribution in [-0.2, 0) is 16.4 Å². The summed E-state index contributed by atoms with van der Waals surface area (Å²) < 4.78 is 31.5. The minimum Gasteiger partial charge on any atom is -0.490 e. The van der Waals surface area contributed by atoms with Crippen molar-refractivity contribution in [2.75, 3.05) is 22.8 Å². The number of para-hydroxylation sites is 2. The van der Waals surface area contributed by atoms with Crippen LogP contribution in [0.2, 0.25) is 0 Å². The van der Waals surface area contributed by atoms with Crippen LogP contribution in [-0.4, -0.2) is 31.0 Å². The lowest BCUT2D eigenvalue weighted by Crippen LogP contribution is -2.21. The van der Waals surface area contributed by atoms with Crippen LogP contribution >= 0.6 is 11.3 Å². The molecule has 3 N–H and O–H groups in total. The highest BCUT2D eigenvalue weighted by atomic mass is 32.2. The first kappa shape index (κ1) is 15.5. The van der Waals surface area contributed by atoms with Crippen molar-refractivity contribution in [1.29, 1.82) is 0 Å². The zero-order chi connectivity index (χ0) is 15.3. The van der Waals surface area contributed by atoms with E-state index >= 15 is 0 Å². The van der Waals surface area contributed by atoms with Gasteiger partial charge in [-0.2, -0.15) is 0 Å². The Morgan fingerprint density at radius 1 is 1.33 bits per heavy atom. The van der Waals surface area contributed by atoms with E-state index in [1.165, 1.54) is 11.3 Å². The van der Waals surface area contributed by atoms with Crippen LogP contribution in [0.4, 0.5) is 10.8 Å². The number of hydrogen-bond donors (Lipinski definition) is 2. The predicted octanol–water partition coefficient (Wildman–Crippen LogP) is 1.50. The fourth-order valence-corrected chi connectivity index (χ4v) is 3.29. The molecule has 1 aromatic carbocycles. The fourth-order valence-electron chi connectivity index (χ4n) is 1.50. The van der Waals surface area contributed by atoms with Crippen molar-refractivity contribution in [3.63, 3.8) is 0 Å². The van der Waals surface area contributed by atoms with Crippen molar-refractivity contribution >= 4 is 32.2 Å². The van der Waals surface area contributed by atoms with Crippen molar-refractivity contribution in [3.8, 4) is 5.75 Å². The number of rotatable bonds is 7. The summed E-state index contributed by atoms with van der Waals surface area (Å²) in [7, 11) is -3.52. The summed E-state index contributed by atoms with van der Waals surface area (Å²) in [5.74, 6) is 0.277. The van der Waals surface area contributed by atoms with Gasteiger partial charge in [-0.3, -0.25) is 4.72 Å². The quantitative estimate of drug-likeness (QED) is 0.746. The van der Waals surface area contributed by atoms with Crippen LogP contribution in [0.3, 0.4) is 0 Å². The lowest BCUT2D eigenvalue weighted by Gasteiger charge is -2.09. The maximum atomic E-state index is 11.9. The summed E-state index contributed by atoms with van der Waals surface area (Å²) in [6, 6.07) is 6.93. The van der Waals surface area contributed by atoms with Crippen LogP contribution < -0.4 is 15.2 Å². The molecule has 0 aliphatic carbocycles. The lowest BCUT2D eigenvalue weighted by molar-refractivity contribution is 0.343. The van der Waals surface area contributed by atoms with Crippen molar-refractivity contribution in [3.05, 3.63) is 29.3 Å². The molecule has 21 heavy (non-hydrogen) atoms. The number of nitrogens with one attached hydrogen (secondary N) is 1. The van der Waals surface area contributed by atoms with Crippen molar-refractivity contribution < 1.29 is 13.2 Å². The number of sulfonamides is 1. The van der Waals surface area contributed by atoms with Gasteiger partial charge in [0.05, 0.1) is 5.69 Å². The number of nitrogen functional groups attached to an aromatic ring is 1. The summed E-state index contributed by atoms with van der Waals surface area (Å²) in [6.45, 7) is 1.93. The third-order valence-corrected chi connectivity index (χ3v) is 4.86. The average Bonchev–Trinajstić information content (AvgIpc) is 2.87. The van der Waals surface area contributed by atoms with E-state index in [9.17, 15) is 8.42 Å². The van der Waals surface area contributed by atoms with E-state index in [-0.39, 0.29) is 17.5 Å². The molecule has 9 heteroatoms. The number of benzene rings is 1. The number of aryl methyl sites for hydroxylation is 1. The molecule has 0 radical (unpaired) electrons. The molecule has 0 saturated heterocycles. The second-order valence-corrected chi connectivity index (χ2v) is 7.07. The molecule has 0 aliphatic heterocycles. The van der Waals surface area contributed by atoms with Crippen molar-refractivity contribution in [2.24, 2.45) is 0 Å². The Bertz CT molecular complexity index is 700. The Labute approximate surface area is 127 Å². The molecule has 0 saturated carbocycles. The number of nitrogens with zero attached hydrogens (tertiary/aromatic N) is 2. The molecule has 1 heterocycles. The van der Waals surface area contributed by atoms with Crippen LogP contribution in [0.25, 0.3) is 0 Å². The Morgan fingerprint density at radius 2 is 2.10 bits per heavy atom. The van der Waals surface area contributed by atoms with Gasteiger partial charge >= 0.3 is 0 Å². The van der Waals surface area contributed by atoms with E-state index in [0.717, 1.165) is 11.4 Å². The number of ether oxygens (including phenoxy) is 1. The second kappa shape index (κ2) is 6.72.